The molecule has 3 aromatic rings. The molecule has 7 heteroatoms. The van der Waals surface area contributed by atoms with E-state index < -0.39 is 11.9 Å². The van der Waals surface area contributed by atoms with Crippen LogP contribution in [0, 0.1) is 0 Å². The topological polar surface area (TPSA) is 81.1 Å². The van der Waals surface area contributed by atoms with Gasteiger partial charge in [-0.2, -0.15) is 0 Å². The quantitative estimate of drug-likeness (QED) is 0.731. The second-order valence-corrected chi connectivity index (χ2v) is 6.63. The molecule has 0 saturated carbocycles. The summed E-state index contributed by atoms with van der Waals surface area (Å²) in [6.07, 6.45) is 1.78. The monoisotopic (exact) mass is 355 g/mol. The maximum atomic E-state index is 12.3. The van der Waals surface area contributed by atoms with E-state index >= 15 is 0 Å². The van der Waals surface area contributed by atoms with Crippen LogP contribution in [-0.2, 0) is 22.6 Å². The van der Waals surface area contributed by atoms with E-state index in [2.05, 4.69) is 10.3 Å². The SMILES string of the molecule is CC(=O)[C@H](Cc1ccccc1)NC(=O)Cn1cnc2sccc2c1=O. The van der Waals surface area contributed by atoms with Gasteiger partial charge in [0.2, 0.25) is 5.91 Å². The molecule has 0 radical (unpaired) electrons. The van der Waals surface area contributed by atoms with Gasteiger partial charge in [-0.05, 0) is 30.4 Å². The third kappa shape index (κ3) is 4.00. The lowest BCUT2D eigenvalue weighted by Gasteiger charge is -2.16. The van der Waals surface area contributed by atoms with Crippen molar-refractivity contribution in [1.29, 1.82) is 0 Å². The number of benzene rings is 1. The Kier molecular flexibility index (Phi) is 5.04. The first-order valence-electron chi connectivity index (χ1n) is 7.81. The van der Waals surface area contributed by atoms with Crippen LogP contribution in [0.5, 0.6) is 0 Å². The molecule has 128 valence electrons. The number of carbonyl (C=O) groups is 2. The maximum absolute atomic E-state index is 12.3. The van der Waals surface area contributed by atoms with Gasteiger partial charge in [-0.15, -0.1) is 11.3 Å². The van der Waals surface area contributed by atoms with Gasteiger partial charge in [0.15, 0.2) is 5.78 Å². The summed E-state index contributed by atoms with van der Waals surface area (Å²) < 4.78 is 1.25. The smallest absolute Gasteiger partial charge is 0.262 e. The highest BCUT2D eigenvalue weighted by molar-refractivity contribution is 7.16. The fraction of sp³-hybridized carbons (Fsp3) is 0.222. The van der Waals surface area contributed by atoms with Crippen LogP contribution in [0.2, 0.25) is 0 Å². The molecule has 25 heavy (non-hydrogen) atoms. The minimum atomic E-state index is -0.622. The Morgan fingerprint density at radius 3 is 2.72 bits per heavy atom. The lowest BCUT2D eigenvalue weighted by Crippen LogP contribution is -2.43. The fourth-order valence-electron chi connectivity index (χ4n) is 2.55. The molecule has 0 saturated heterocycles. The summed E-state index contributed by atoms with van der Waals surface area (Å²) in [4.78, 5) is 41.3. The highest BCUT2D eigenvalue weighted by Crippen LogP contribution is 2.13. The molecule has 1 atom stereocenters. The van der Waals surface area contributed by atoms with Crippen molar-refractivity contribution >= 4 is 33.2 Å². The van der Waals surface area contributed by atoms with Gasteiger partial charge >= 0.3 is 0 Å². The van der Waals surface area contributed by atoms with E-state index in [1.807, 2.05) is 30.3 Å². The highest BCUT2D eigenvalue weighted by Gasteiger charge is 2.18. The zero-order chi connectivity index (χ0) is 17.8. The van der Waals surface area contributed by atoms with Crippen LogP contribution in [0.4, 0.5) is 0 Å². The number of rotatable bonds is 6. The van der Waals surface area contributed by atoms with Crippen LogP contribution in [0.3, 0.4) is 0 Å². The lowest BCUT2D eigenvalue weighted by atomic mass is 10.0. The summed E-state index contributed by atoms with van der Waals surface area (Å²) >= 11 is 1.38. The molecule has 0 fully saturated rings. The zero-order valence-corrected chi connectivity index (χ0v) is 14.5. The Bertz CT molecular complexity index is 962. The van der Waals surface area contributed by atoms with Gasteiger partial charge in [0.1, 0.15) is 11.4 Å². The molecule has 0 unspecified atom stereocenters. The van der Waals surface area contributed by atoms with E-state index in [4.69, 9.17) is 0 Å². The predicted octanol–water partition coefficient (Wildman–Crippen LogP) is 1.77. The number of Topliss-reactive ketones (excluding diaryl/α,β-unsaturated/α-hetero) is 1. The fourth-order valence-corrected chi connectivity index (χ4v) is 3.27. The first-order chi connectivity index (χ1) is 12.0. The first kappa shape index (κ1) is 17.0. The van der Waals surface area contributed by atoms with Gasteiger partial charge in [0.25, 0.3) is 5.56 Å². The minimum Gasteiger partial charge on any atom is -0.344 e. The van der Waals surface area contributed by atoms with Crippen molar-refractivity contribution in [2.75, 3.05) is 0 Å². The van der Waals surface area contributed by atoms with Gasteiger partial charge in [-0.25, -0.2) is 4.98 Å². The maximum Gasteiger partial charge on any atom is 0.262 e. The Balaban J connectivity index is 1.71. The van der Waals surface area contributed by atoms with Crippen molar-refractivity contribution in [3.8, 4) is 0 Å². The van der Waals surface area contributed by atoms with Crippen LogP contribution in [0.25, 0.3) is 10.2 Å². The molecule has 2 aromatic heterocycles. The number of fused-ring (bicyclic) bond motifs is 1. The molecule has 6 nitrogen and oxygen atoms in total. The number of hydrogen-bond acceptors (Lipinski definition) is 5. The van der Waals surface area contributed by atoms with Crippen molar-refractivity contribution in [2.24, 2.45) is 0 Å². The van der Waals surface area contributed by atoms with Crippen LogP contribution >= 0.6 is 11.3 Å². The molecule has 2 heterocycles. The first-order valence-corrected chi connectivity index (χ1v) is 8.69. The summed E-state index contributed by atoms with van der Waals surface area (Å²) in [5.41, 5.74) is 0.699. The second-order valence-electron chi connectivity index (χ2n) is 5.74. The van der Waals surface area contributed by atoms with Crippen LogP contribution < -0.4 is 10.9 Å². The molecule has 0 aliphatic heterocycles. The number of nitrogens with zero attached hydrogens (tertiary/aromatic N) is 2. The molecule has 0 spiro atoms. The number of amides is 1. The van der Waals surface area contributed by atoms with Crippen molar-refractivity contribution < 1.29 is 9.59 Å². The number of hydrogen-bond donors (Lipinski definition) is 1. The number of nitrogens with one attached hydrogen (secondary N) is 1. The van der Waals surface area contributed by atoms with Gasteiger partial charge in [-0.1, -0.05) is 30.3 Å². The van der Waals surface area contributed by atoms with Crippen LogP contribution in [-0.4, -0.2) is 27.3 Å². The summed E-state index contributed by atoms with van der Waals surface area (Å²) in [6.45, 7) is 1.27. The summed E-state index contributed by atoms with van der Waals surface area (Å²) in [5, 5.41) is 4.99. The van der Waals surface area contributed by atoms with Crippen molar-refractivity contribution in [1.82, 2.24) is 14.9 Å². The Morgan fingerprint density at radius 1 is 1.24 bits per heavy atom. The van der Waals surface area contributed by atoms with E-state index in [1.165, 1.54) is 29.2 Å². The van der Waals surface area contributed by atoms with E-state index in [0.717, 1.165) is 5.56 Å². The molecule has 1 N–H and O–H groups in total. The second kappa shape index (κ2) is 7.40. The molecule has 3 rings (SSSR count). The third-order valence-corrected chi connectivity index (χ3v) is 4.69. The molecule has 0 bridgehead atoms. The van der Waals surface area contributed by atoms with Crippen LogP contribution in [0.15, 0.2) is 52.9 Å². The average molecular weight is 355 g/mol. The summed E-state index contributed by atoms with van der Waals surface area (Å²) in [6, 6.07) is 10.5. The van der Waals surface area contributed by atoms with Gasteiger partial charge in [0, 0.05) is 0 Å². The van der Waals surface area contributed by atoms with E-state index in [-0.39, 0.29) is 17.9 Å². The largest absolute Gasteiger partial charge is 0.344 e. The van der Waals surface area contributed by atoms with Crippen molar-refractivity contribution in [2.45, 2.75) is 25.9 Å². The van der Waals surface area contributed by atoms with Gasteiger partial charge < -0.3 is 5.32 Å². The van der Waals surface area contributed by atoms with Crippen LogP contribution in [0.1, 0.15) is 12.5 Å². The molecular weight excluding hydrogens is 338 g/mol. The molecule has 0 aliphatic carbocycles. The standard InChI is InChI=1S/C18H17N3O3S/c1-12(22)15(9-13-5-3-2-4-6-13)20-16(23)10-21-11-19-17-14(18(21)24)7-8-25-17/h2-8,11,15H,9-10H2,1H3,(H,20,23)/t15-/m0/s1. The summed E-state index contributed by atoms with van der Waals surface area (Å²) in [5.74, 6) is -0.523. The molecule has 1 amide bonds. The number of aromatic nitrogens is 2. The van der Waals surface area contributed by atoms with Crippen molar-refractivity contribution in [3.63, 3.8) is 0 Å². The lowest BCUT2D eigenvalue weighted by molar-refractivity contribution is -0.127. The third-order valence-electron chi connectivity index (χ3n) is 3.87. The normalized spacial score (nSPS) is 12.0. The predicted molar refractivity (Wildman–Crippen MR) is 96.6 cm³/mol. The number of carbonyl (C=O) groups excluding carboxylic acids is 2. The number of ketones is 1. The van der Waals surface area contributed by atoms with Gasteiger partial charge in [0.05, 0.1) is 17.8 Å². The molecule has 1 aromatic carbocycles. The summed E-state index contributed by atoms with van der Waals surface area (Å²) in [7, 11) is 0. The van der Waals surface area contributed by atoms with E-state index in [0.29, 0.717) is 16.6 Å². The zero-order valence-electron chi connectivity index (χ0n) is 13.6. The minimum absolute atomic E-state index is 0.129. The van der Waals surface area contributed by atoms with E-state index in [9.17, 15) is 14.4 Å². The average Bonchev–Trinajstić information content (AvgIpc) is 3.07. The Morgan fingerprint density at radius 2 is 2.00 bits per heavy atom. The molecule has 0 aliphatic rings. The Hall–Kier alpha value is -2.80. The highest BCUT2D eigenvalue weighted by atomic mass is 32.1. The Labute approximate surface area is 148 Å². The van der Waals surface area contributed by atoms with Crippen molar-refractivity contribution in [3.05, 3.63) is 64.0 Å². The number of thiophene rings is 1. The van der Waals surface area contributed by atoms with E-state index in [1.54, 1.807) is 11.4 Å². The molecular formula is C18H17N3O3S. The van der Waals surface area contributed by atoms with Gasteiger partial charge in [-0.3, -0.25) is 19.0 Å².